The van der Waals surface area contributed by atoms with Crippen LogP contribution in [0.5, 0.6) is 0 Å². The summed E-state index contributed by atoms with van der Waals surface area (Å²) in [4.78, 5) is 1.14. The quantitative estimate of drug-likeness (QED) is 0.738. The van der Waals surface area contributed by atoms with Gasteiger partial charge in [0.05, 0.1) is 6.10 Å². The molecule has 2 nitrogen and oxygen atoms in total. The summed E-state index contributed by atoms with van der Waals surface area (Å²) >= 11 is 1.63. The van der Waals surface area contributed by atoms with E-state index in [1.807, 2.05) is 32.2 Å². The predicted octanol–water partition coefficient (Wildman–Crippen LogP) is 1.83. The molecule has 0 bridgehead atoms. The van der Waals surface area contributed by atoms with Crippen molar-refractivity contribution >= 4 is 11.3 Å². The number of hydrogen-bond acceptors (Lipinski definition) is 3. The van der Waals surface area contributed by atoms with Gasteiger partial charge in [-0.05, 0) is 37.8 Å². The second-order valence-corrected chi connectivity index (χ2v) is 4.78. The van der Waals surface area contributed by atoms with Crippen LogP contribution in [-0.2, 0) is 0 Å². The zero-order valence-corrected chi connectivity index (χ0v) is 8.48. The van der Waals surface area contributed by atoms with Gasteiger partial charge >= 0.3 is 0 Å². The van der Waals surface area contributed by atoms with E-state index in [9.17, 15) is 5.11 Å². The fraction of sp³-hybridized carbons (Fsp3) is 0.556. The maximum absolute atomic E-state index is 9.81. The van der Waals surface area contributed by atoms with E-state index >= 15 is 0 Å². The van der Waals surface area contributed by atoms with E-state index in [1.165, 1.54) is 0 Å². The molecule has 1 heterocycles. The van der Waals surface area contributed by atoms with E-state index in [0.717, 1.165) is 10.4 Å². The summed E-state index contributed by atoms with van der Waals surface area (Å²) in [5, 5.41) is 11.8. The average Bonchev–Trinajstić information content (AvgIpc) is 2.31. The van der Waals surface area contributed by atoms with Crippen molar-refractivity contribution in [3.05, 3.63) is 21.9 Å². The Hall–Kier alpha value is -0.380. The summed E-state index contributed by atoms with van der Waals surface area (Å²) < 4.78 is 0. The Morgan fingerprint density at radius 3 is 2.50 bits per heavy atom. The molecule has 0 spiro atoms. The second kappa shape index (κ2) is 3.17. The number of rotatable bonds is 2. The van der Waals surface area contributed by atoms with Gasteiger partial charge in [0.2, 0.25) is 0 Å². The molecule has 1 aromatic rings. The minimum Gasteiger partial charge on any atom is -0.386 e. The van der Waals surface area contributed by atoms with Crippen molar-refractivity contribution in [3.8, 4) is 0 Å². The van der Waals surface area contributed by atoms with Gasteiger partial charge in [0.1, 0.15) is 0 Å². The second-order valence-electron chi connectivity index (χ2n) is 3.66. The van der Waals surface area contributed by atoms with Crippen molar-refractivity contribution in [2.75, 3.05) is 0 Å². The molecule has 0 aliphatic carbocycles. The molecule has 0 saturated carbocycles. The highest BCUT2D eigenvalue weighted by Gasteiger charge is 2.25. The number of aliphatic hydroxyl groups is 1. The van der Waals surface area contributed by atoms with E-state index in [0.29, 0.717) is 0 Å². The molecule has 0 fully saturated rings. The first-order valence-corrected chi connectivity index (χ1v) is 4.82. The lowest BCUT2D eigenvalue weighted by Crippen LogP contribution is -2.39. The van der Waals surface area contributed by atoms with E-state index in [1.54, 1.807) is 11.3 Å². The highest BCUT2D eigenvalue weighted by molar-refractivity contribution is 7.10. The number of aliphatic hydroxyl groups excluding tert-OH is 1. The third-order valence-electron chi connectivity index (χ3n) is 1.90. The minimum absolute atomic E-state index is 0.564. The molecular formula is C9H15NOS. The molecule has 0 aromatic carbocycles. The van der Waals surface area contributed by atoms with Gasteiger partial charge < -0.3 is 10.8 Å². The standard InChI is InChI=1S/C9H15NOS/c1-6-7(4-5-12-6)8(11)9(2,3)10/h4-5,8,11H,10H2,1-3H3. The highest BCUT2D eigenvalue weighted by atomic mass is 32.1. The Balaban J connectivity index is 2.92. The molecule has 1 rings (SSSR count). The van der Waals surface area contributed by atoms with E-state index in [4.69, 9.17) is 5.73 Å². The van der Waals surface area contributed by atoms with Crippen molar-refractivity contribution in [1.29, 1.82) is 0 Å². The van der Waals surface area contributed by atoms with Crippen LogP contribution in [0, 0.1) is 6.92 Å². The fourth-order valence-corrected chi connectivity index (χ4v) is 1.81. The van der Waals surface area contributed by atoms with Gasteiger partial charge in [-0.2, -0.15) is 0 Å². The van der Waals surface area contributed by atoms with Gasteiger partial charge in [0.25, 0.3) is 0 Å². The number of aryl methyl sites for hydroxylation is 1. The molecule has 68 valence electrons. The van der Waals surface area contributed by atoms with Crippen LogP contribution < -0.4 is 5.73 Å². The van der Waals surface area contributed by atoms with Crippen LogP contribution in [0.15, 0.2) is 11.4 Å². The molecule has 1 aromatic heterocycles. The lowest BCUT2D eigenvalue weighted by atomic mass is 9.93. The smallest absolute Gasteiger partial charge is 0.0974 e. The van der Waals surface area contributed by atoms with Gasteiger partial charge in [0.15, 0.2) is 0 Å². The Morgan fingerprint density at radius 2 is 2.17 bits per heavy atom. The summed E-state index contributed by atoms with van der Waals surface area (Å²) in [5.74, 6) is 0. The molecule has 0 amide bonds. The molecule has 0 saturated heterocycles. The van der Waals surface area contributed by atoms with Crippen LogP contribution in [0.4, 0.5) is 0 Å². The fourth-order valence-electron chi connectivity index (χ4n) is 1.08. The average molecular weight is 185 g/mol. The summed E-state index contributed by atoms with van der Waals surface area (Å²) in [6.45, 7) is 5.65. The number of thiophene rings is 1. The SMILES string of the molecule is Cc1sccc1C(O)C(C)(C)N. The third-order valence-corrected chi connectivity index (χ3v) is 2.76. The van der Waals surface area contributed by atoms with Crippen LogP contribution in [0.2, 0.25) is 0 Å². The first kappa shape index (κ1) is 9.71. The first-order chi connectivity index (χ1) is 5.43. The van der Waals surface area contributed by atoms with Gasteiger partial charge in [-0.25, -0.2) is 0 Å². The molecule has 12 heavy (non-hydrogen) atoms. The number of nitrogens with two attached hydrogens (primary N) is 1. The highest BCUT2D eigenvalue weighted by Crippen LogP contribution is 2.28. The summed E-state index contributed by atoms with van der Waals surface area (Å²) in [5.41, 5.74) is 6.18. The molecule has 0 aliphatic rings. The molecule has 0 radical (unpaired) electrons. The zero-order valence-electron chi connectivity index (χ0n) is 7.66. The van der Waals surface area contributed by atoms with Gasteiger partial charge in [-0.1, -0.05) is 0 Å². The van der Waals surface area contributed by atoms with Crippen molar-refractivity contribution in [1.82, 2.24) is 0 Å². The first-order valence-electron chi connectivity index (χ1n) is 3.94. The largest absolute Gasteiger partial charge is 0.386 e. The van der Waals surface area contributed by atoms with E-state index in [-0.39, 0.29) is 0 Å². The van der Waals surface area contributed by atoms with Crippen molar-refractivity contribution < 1.29 is 5.11 Å². The van der Waals surface area contributed by atoms with Crippen LogP contribution >= 0.6 is 11.3 Å². The maximum atomic E-state index is 9.81. The van der Waals surface area contributed by atoms with Gasteiger partial charge in [-0.3, -0.25) is 0 Å². The Kier molecular flexibility index (Phi) is 2.56. The lowest BCUT2D eigenvalue weighted by Gasteiger charge is -2.25. The number of hydrogen-bond donors (Lipinski definition) is 2. The van der Waals surface area contributed by atoms with Crippen LogP contribution in [0.3, 0.4) is 0 Å². The summed E-state index contributed by atoms with van der Waals surface area (Å²) in [6.07, 6.45) is -0.566. The zero-order chi connectivity index (χ0) is 9.35. The van der Waals surface area contributed by atoms with Crippen LogP contribution in [0.25, 0.3) is 0 Å². The van der Waals surface area contributed by atoms with Crippen LogP contribution in [0.1, 0.15) is 30.4 Å². The molecule has 1 unspecified atom stereocenters. The van der Waals surface area contributed by atoms with Crippen molar-refractivity contribution in [2.24, 2.45) is 5.73 Å². The monoisotopic (exact) mass is 185 g/mol. The maximum Gasteiger partial charge on any atom is 0.0974 e. The summed E-state index contributed by atoms with van der Waals surface area (Å²) in [6, 6.07) is 1.93. The predicted molar refractivity (Wildman–Crippen MR) is 52.3 cm³/mol. The van der Waals surface area contributed by atoms with Crippen molar-refractivity contribution in [2.45, 2.75) is 32.4 Å². The molecule has 3 heteroatoms. The Bertz CT molecular complexity index is 262. The van der Waals surface area contributed by atoms with Crippen LogP contribution in [-0.4, -0.2) is 10.6 Å². The topological polar surface area (TPSA) is 46.2 Å². The van der Waals surface area contributed by atoms with Crippen molar-refractivity contribution in [3.63, 3.8) is 0 Å². The minimum atomic E-state index is -0.566. The van der Waals surface area contributed by atoms with E-state index < -0.39 is 11.6 Å². The van der Waals surface area contributed by atoms with Gasteiger partial charge in [0, 0.05) is 10.4 Å². The normalized spacial score (nSPS) is 14.8. The Morgan fingerprint density at radius 1 is 1.58 bits per heavy atom. The molecule has 1 atom stereocenters. The van der Waals surface area contributed by atoms with Gasteiger partial charge in [-0.15, -0.1) is 11.3 Å². The molecule has 0 aliphatic heterocycles. The lowest BCUT2D eigenvalue weighted by molar-refractivity contribution is 0.104. The molecule has 3 N–H and O–H groups in total. The third kappa shape index (κ3) is 1.86. The summed E-state index contributed by atoms with van der Waals surface area (Å²) in [7, 11) is 0. The Labute approximate surface area is 77.0 Å². The molecular weight excluding hydrogens is 170 g/mol. The van der Waals surface area contributed by atoms with E-state index in [2.05, 4.69) is 0 Å².